The third-order valence-electron chi connectivity index (χ3n) is 6.94. The Balaban J connectivity index is 0.000000188. The Bertz CT molecular complexity index is 1860. The van der Waals surface area contributed by atoms with Gasteiger partial charge in [0, 0.05) is 33.9 Å². The van der Waals surface area contributed by atoms with Crippen LogP contribution in [0.3, 0.4) is 0 Å². The van der Waals surface area contributed by atoms with Crippen molar-refractivity contribution in [1.82, 2.24) is 38.3 Å². The third kappa shape index (κ3) is 7.83. The molecule has 4 heterocycles. The molecular formula is C32H38N14S2. The summed E-state index contributed by atoms with van der Waals surface area (Å²) in [4.78, 5) is 8.01. The van der Waals surface area contributed by atoms with Gasteiger partial charge in [-0.3, -0.25) is 0 Å². The van der Waals surface area contributed by atoms with Crippen LogP contribution in [0, 0.1) is 13.8 Å². The first-order valence-electron chi connectivity index (χ1n) is 15.0. The Morgan fingerprint density at radius 3 is 1.21 bits per heavy atom. The number of nitrogens with zero attached hydrogens (tertiary/aromatic N) is 12. The van der Waals surface area contributed by atoms with Gasteiger partial charge in [0.2, 0.25) is 10.3 Å². The van der Waals surface area contributed by atoms with E-state index >= 15 is 0 Å². The highest BCUT2D eigenvalue weighted by Gasteiger charge is 2.28. The van der Waals surface area contributed by atoms with Crippen LogP contribution in [0.4, 0.5) is 33.3 Å². The van der Waals surface area contributed by atoms with Gasteiger partial charge in [-0.2, -0.15) is 18.9 Å². The fraction of sp³-hybridized carbons (Fsp3) is 0.312. The maximum Gasteiger partial charge on any atom is 0.249 e. The van der Waals surface area contributed by atoms with E-state index in [0.29, 0.717) is 33.3 Å². The summed E-state index contributed by atoms with van der Waals surface area (Å²) in [6.45, 7) is 16.5. The average molecular weight is 683 g/mol. The van der Waals surface area contributed by atoms with Gasteiger partial charge < -0.3 is 11.5 Å². The highest BCUT2D eigenvalue weighted by Crippen LogP contribution is 2.39. The van der Waals surface area contributed by atoms with Crippen molar-refractivity contribution in [2.24, 2.45) is 20.5 Å². The molecule has 0 amide bonds. The zero-order chi connectivity index (χ0) is 34.6. The second-order valence-corrected chi connectivity index (χ2v) is 14.5. The second kappa shape index (κ2) is 13.9. The van der Waals surface area contributed by atoms with E-state index < -0.39 is 0 Å². The van der Waals surface area contributed by atoms with Gasteiger partial charge in [0.25, 0.3) is 0 Å². The number of anilines is 2. The van der Waals surface area contributed by atoms with E-state index in [0.717, 1.165) is 22.8 Å². The second-order valence-electron chi connectivity index (χ2n) is 13.0. The molecule has 0 aliphatic carbocycles. The van der Waals surface area contributed by atoms with Crippen LogP contribution in [0.5, 0.6) is 0 Å². The fourth-order valence-electron chi connectivity index (χ4n) is 4.43. The van der Waals surface area contributed by atoms with Crippen LogP contribution in [0.25, 0.3) is 11.4 Å². The first kappa shape index (κ1) is 34.1. The van der Waals surface area contributed by atoms with Gasteiger partial charge in [0.05, 0.1) is 22.8 Å². The summed E-state index contributed by atoms with van der Waals surface area (Å²) in [7, 11) is 0. The Hall–Kier alpha value is -5.22. The minimum Gasteiger partial charge on any atom is -0.382 e. The van der Waals surface area contributed by atoms with E-state index in [-0.39, 0.29) is 10.8 Å². The van der Waals surface area contributed by atoms with Gasteiger partial charge in [-0.1, -0.05) is 76.9 Å². The lowest BCUT2D eigenvalue weighted by atomic mass is 9.91. The maximum absolute atomic E-state index is 6.32. The predicted octanol–water partition coefficient (Wildman–Crippen LogP) is 8.65. The minimum atomic E-state index is -0.223. The summed E-state index contributed by atoms with van der Waals surface area (Å²) in [5.74, 6) is 0.911. The summed E-state index contributed by atoms with van der Waals surface area (Å²) in [5, 5.41) is 27.2. The van der Waals surface area contributed by atoms with Gasteiger partial charge in [-0.25, -0.2) is 19.3 Å². The van der Waals surface area contributed by atoms with Crippen molar-refractivity contribution in [1.29, 1.82) is 0 Å². The Labute approximate surface area is 287 Å². The van der Waals surface area contributed by atoms with Crippen LogP contribution in [0.2, 0.25) is 0 Å². The number of aryl methyl sites for hydroxylation is 2. The molecule has 0 aliphatic rings. The molecule has 14 nitrogen and oxygen atoms in total. The molecule has 6 aromatic rings. The van der Waals surface area contributed by atoms with Gasteiger partial charge in [0.15, 0.2) is 23.0 Å². The lowest BCUT2D eigenvalue weighted by molar-refractivity contribution is 0.561. The molecule has 2 aromatic carbocycles. The van der Waals surface area contributed by atoms with Gasteiger partial charge >= 0.3 is 0 Å². The standard InChI is InChI=1S/2C16H19N7S/c2*1-10-5-7-11(8-6-10)23-14(17)12(13(22-23)16(2,3)4)20-21-15-18-9-19-24-15/h2*5-9H,17H2,1-4H3. The number of nitrogens with two attached hydrogens (primary N) is 2. The molecular weight excluding hydrogens is 645 g/mol. The summed E-state index contributed by atoms with van der Waals surface area (Å²) in [6, 6.07) is 16.0. The molecule has 0 atom stereocenters. The Morgan fingerprint density at radius 2 is 0.917 bits per heavy atom. The quantitative estimate of drug-likeness (QED) is 0.163. The number of azo groups is 2. The van der Waals surface area contributed by atoms with E-state index in [2.05, 4.69) is 90.9 Å². The van der Waals surface area contributed by atoms with Crippen molar-refractivity contribution in [2.45, 2.75) is 66.2 Å². The van der Waals surface area contributed by atoms with Crippen molar-refractivity contribution in [2.75, 3.05) is 11.5 Å². The van der Waals surface area contributed by atoms with Crippen LogP contribution in [-0.4, -0.2) is 38.3 Å². The Morgan fingerprint density at radius 1 is 0.562 bits per heavy atom. The molecule has 6 rings (SSSR count). The molecule has 0 radical (unpaired) electrons. The van der Waals surface area contributed by atoms with Crippen molar-refractivity contribution < 1.29 is 0 Å². The van der Waals surface area contributed by atoms with Crippen molar-refractivity contribution in [3.8, 4) is 11.4 Å². The molecule has 248 valence electrons. The molecule has 0 fully saturated rings. The summed E-state index contributed by atoms with van der Waals surface area (Å²) in [5.41, 5.74) is 19.0. The molecule has 0 aliphatic heterocycles. The van der Waals surface area contributed by atoms with Crippen LogP contribution in [0.1, 0.15) is 64.1 Å². The minimum absolute atomic E-state index is 0.223. The van der Waals surface area contributed by atoms with Gasteiger partial charge in [-0.15, -0.1) is 20.5 Å². The van der Waals surface area contributed by atoms with Crippen LogP contribution < -0.4 is 11.5 Å². The van der Waals surface area contributed by atoms with Gasteiger partial charge in [-0.05, 0) is 38.1 Å². The first-order valence-corrected chi connectivity index (χ1v) is 16.6. The number of rotatable bonds is 6. The Kier molecular flexibility index (Phi) is 9.86. The summed E-state index contributed by atoms with van der Waals surface area (Å²) in [6.07, 6.45) is 2.89. The van der Waals surface area contributed by atoms with Gasteiger partial charge in [0.1, 0.15) is 12.7 Å². The molecule has 0 bridgehead atoms. The van der Waals surface area contributed by atoms with E-state index in [4.69, 9.17) is 11.5 Å². The van der Waals surface area contributed by atoms with E-state index in [1.807, 2.05) is 62.4 Å². The number of hydrogen-bond donors (Lipinski definition) is 2. The molecule has 0 spiro atoms. The smallest absolute Gasteiger partial charge is 0.249 e. The fourth-order valence-corrected chi connectivity index (χ4v) is 5.15. The molecule has 16 heteroatoms. The highest BCUT2D eigenvalue weighted by atomic mass is 32.1. The van der Waals surface area contributed by atoms with Crippen LogP contribution in [-0.2, 0) is 10.8 Å². The average Bonchev–Trinajstić information content (AvgIpc) is 3.84. The van der Waals surface area contributed by atoms with Crippen molar-refractivity contribution >= 4 is 56.3 Å². The molecule has 4 N–H and O–H groups in total. The molecule has 0 saturated carbocycles. The van der Waals surface area contributed by atoms with Crippen molar-refractivity contribution in [3.05, 3.63) is 83.7 Å². The number of benzene rings is 2. The maximum atomic E-state index is 6.32. The normalized spacial score (nSPS) is 12.2. The molecule has 4 aromatic heterocycles. The van der Waals surface area contributed by atoms with E-state index in [9.17, 15) is 0 Å². The number of hydrogen-bond acceptors (Lipinski definition) is 14. The predicted molar refractivity (Wildman–Crippen MR) is 191 cm³/mol. The van der Waals surface area contributed by atoms with Crippen LogP contribution in [0.15, 0.2) is 81.6 Å². The SMILES string of the molecule is Cc1ccc(-n2nc(C(C)(C)C)c(N=Nc3ncns3)c2N)cc1.Cc1ccc(-n2nc(C(C)(C)C)c(N=Nc3ncns3)c2N)cc1. The topological polar surface area (TPSA) is 189 Å². The zero-order valence-electron chi connectivity index (χ0n) is 28.1. The van der Waals surface area contributed by atoms with E-state index in [1.165, 1.54) is 46.8 Å². The number of nitrogen functional groups attached to an aromatic ring is 2. The monoisotopic (exact) mass is 682 g/mol. The van der Waals surface area contributed by atoms with Crippen LogP contribution >= 0.6 is 23.1 Å². The third-order valence-corrected chi connectivity index (χ3v) is 8.04. The molecule has 0 unspecified atom stereocenters. The zero-order valence-corrected chi connectivity index (χ0v) is 29.7. The summed E-state index contributed by atoms with van der Waals surface area (Å²) < 4.78 is 11.2. The largest absolute Gasteiger partial charge is 0.382 e. The molecule has 0 saturated heterocycles. The molecule has 48 heavy (non-hydrogen) atoms. The van der Waals surface area contributed by atoms with E-state index in [1.54, 1.807) is 9.36 Å². The summed E-state index contributed by atoms with van der Waals surface area (Å²) >= 11 is 2.35. The highest BCUT2D eigenvalue weighted by molar-refractivity contribution is 7.09. The van der Waals surface area contributed by atoms with Crippen molar-refractivity contribution in [3.63, 3.8) is 0 Å². The lowest BCUT2D eigenvalue weighted by Crippen LogP contribution is -2.13. The first-order chi connectivity index (χ1) is 22.7. The lowest BCUT2D eigenvalue weighted by Gasteiger charge is -2.15. The number of aromatic nitrogens is 8.